The van der Waals surface area contributed by atoms with Gasteiger partial charge in [0, 0.05) is 23.0 Å². The van der Waals surface area contributed by atoms with Crippen molar-refractivity contribution >= 4 is 21.8 Å². The number of carbonyl (C=O) groups is 1. The van der Waals surface area contributed by atoms with Crippen LogP contribution in [0.15, 0.2) is 27.1 Å². The smallest absolute Gasteiger partial charge is 0.255 e. The number of hydrogen-bond donors (Lipinski definition) is 1. The van der Waals surface area contributed by atoms with Gasteiger partial charge in [0.15, 0.2) is 0 Å². The highest BCUT2D eigenvalue weighted by Crippen LogP contribution is 2.32. The quantitative estimate of drug-likeness (QED) is 0.922. The van der Waals surface area contributed by atoms with E-state index in [0.29, 0.717) is 24.5 Å². The van der Waals surface area contributed by atoms with Crippen molar-refractivity contribution in [2.75, 3.05) is 6.61 Å². The molecule has 0 aliphatic carbocycles. The van der Waals surface area contributed by atoms with Gasteiger partial charge in [-0.1, -0.05) is 15.9 Å². The molecular weight excluding hydrogens is 334 g/mol. The maximum atomic E-state index is 12.2. The highest BCUT2D eigenvalue weighted by molar-refractivity contribution is 9.10. The summed E-state index contributed by atoms with van der Waals surface area (Å²) in [5.41, 5.74) is 2.76. The minimum atomic E-state index is -0.129. The summed E-state index contributed by atoms with van der Waals surface area (Å²) in [5, 5.41) is 2.93. The average molecular weight is 350 g/mol. The molecule has 1 aliphatic rings. The van der Waals surface area contributed by atoms with Crippen LogP contribution in [-0.4, -0.2) is 12.5 Å². The molecule has 3 rings (SSSR count). The molecule has 2 aromatic rings. The van der Waals surface area contributed by atoms with Crippen molar-refractivity contribution in [3.8, 4) is 5.75 Å². The van der Waals surface area contributed by atoms with E-state index in [-0.39, 0.29) is 5.91 Å². The standard InChI is InChI=1S/C16H16BrNO3/c1-9-5-14(10(2)21-9)16(19)18-8-12-7-13(17)6-11-3-4-20-15(11)12/h5-7H,3-4,8H2,1-2H3,(H,18,19). The van der Waals surface area contributed by atoms with Crippen molar-refractivity contribution in [1.82, 2.24) is 5.32 Å². The number of rotatable bonds is 3. The van der Waals surface area contributed by atoms with Crippen LogP contribution < -0.4 is 10.1 Å². The number of carbonyl (C=O) groups excluding carboxylic acids is 1. The molecule has 1 aromatic heterocycles. The zero-order valence-electron chi connectivity index (χ0n) is 12.0. The highest BCUT2D eigenvalue weighted by atomic mass is 79.9. The lowest BCUT2D eigenvalue weighted by Gasteiger charge is -2.10. The molecule has 0 spiro atoms. The third kappa shape index (κ3) is 2.83. The maximum absolute atomic E-state index is 12.2. The van der Waals surface area contributed by atoms with Gasteiger partial charge in [0.25, 0.3) is 5.91 Å². The second-order valence-corrected chi connectivity index (χ2v) is 6.08. The number of furan rings is 1. The number of halogens is 1. The van der Waals surface area contributed by atoms with E-state index in [2.05, 4.69) is 27.3 Å². The predicted molar refractivity (Wildman–Crippen MR) is 82.7 cm³/mol. The molecule has 4 nitrogen and oxygen atoms in total. The van der Waals surface area contributed by atoms with Gasteiger partial charge in [-0.3, -0.25) is 4.79 Å². The van der Waals surface area contributed by atoms with Crippen molar-refractivity contribution in [2.24, 2.45) is 0 Å². The van der Waals surface area contributed by atoms with Crippen molar-refractivity contribution in [2.45, 2.75) is 26.8 Å². The van der Waals surface area contributed by atoms with Crippen LogP contribution >= 0.6 is 15.9 Å². The molecule has 5 heteroatoms. The number of ether oxygens (including phenoxy) is 1. The summed E-state index contributed by atoms with van der Waals surface area (Å²) in [5.74, 6) is 2.15. The van der Waals surface area contributed by atoms with Gasteiger partial charge in [-0.2, -0.15) is 0 Å². The van der Waals surface area contributed by atoms with Crippen molar-refractivity contribution < 1.29 is 13.9 Å². The average Bonchev–Trinajstić information content (AvgIpc) is 3.01. The molecule has 0 saturated heterocycles. The van der Waals surface area contributed by atoms with Gasteiger partial charge in [0.05, 0.1) is 12.2 Å². The SMILES string of the molecule is Cc1cc(C(=O)NCc2cc(Br)cc3c2OCC3)c(C)o1. The number of nitrogens with one attached hydrogen (secondary N) is 1. The first-order valence-electron chi connectivity index (χ1n) is 6.84. The van der Waals surface area contributed by atoms with E-state index in [1.165, 1.54) is 5.56 Å². The van der Waals surface area contributed by atoms with Gasteiger partial charge in [0.2, 0.25) is 0 Å². The van der Waals surface area contributed by atoms with Crippen molar-refractivity contribution in [3.63, 3.8) is 0 Å². The number of amides is 1. The zero-order valence-corrected chi connectivity index (χ0v) is 13.5. The van der Waals surface area contributed by atoms with E-state index in [1.807, 2.05) is 13.0 Å². The molecule has 0 radical (unpaired) electrons. The fourth-order valence-corrected chi connectivity index (χ4v) is 3.16. The third-order valence-electron chi connectivity index (χ3n) is 3.55. The topological polar surface area (TPSA) is 51.5 Å². The van der Waals surface area contributed by atoms with E-state index in [1.54, 1.807) is 13.0 Å². The second kappa shape index (κ2) is 5.56. The largest absolute Gasteiger partial charge is 0.493 e. The fourth-order valence-electron chi connectivity index (χ4n) is 2.60. The zero-order chi connectivity index (χ0) is 15.0. The van der Waals surface area contributed by atoms with Crippen molar-refractivity contribution in [3.05, 3.63) is 50.9 Å². The molecule has 2 heterocycles. The van der Waals surface area contributed by atoms with Crippen LogP contribution in [0.25, 0.3) is 0 Å². The van der Waals surface area contributed by atoms with Gasteiger partial charge in [-0.05, 0) is 37.6 Å². The Hall–Kier alpha value is -1.75. The first kappa shape index (κ1) is 14.2. The van der Waals surface area contributed by atoms with Crippen LogP contribution in [0.3, 0.4) is 0 Å². The summed E-state index contributed by atoms with van der Waals surface area (Å²) in [6, 6.07) is 5.81. The van der Waals surface area contributed by atoms with Crippen LogP contribution in [0.5, 0.6) is 5.75 Å². The van der Waals surface area contributed by atoms with E-state index in [4.69, 9.17) is 9.15 Å². The van der Waals surface area contributed by atoms with Crippen LogP contribution in [-0.2, 0) is 13.0 Å². The predicted octanol–water partition coefficient (Wildman–Crippen LogP) is 3.52. The number of benzene rings is 1. The van der Waals surface area contributed by atoms with Gasteiger partial charge in [0.1, 0.15) is 17.3 Å². The Morgan fingerprint density at radius 1 is 1.33 bits per heavy atom. The Kier molecular flexibility index (Phi) is 3.76. The third-order valence-corrected chi connectivity index (χ3v) is 4.01. The maximum Gasteiger partial charge on any atom is 0.255 e. The highest BCUT2D eigenvalue weighted by Gasteiger charge is 2.19. The fraction of sp³-hybridized carbons (Fsp3) is 0.312. The molecule has 1 N–H and O–H groups in total. The Bertz CT molecular complexity index is 706. The molecule has 0 bridgehead atoms. The van der Waals surface area contributed by atoms with Gasteiger partial charge in [-0.15, -0.1) is 0 Å². The lowest BCUT2D eigenvalue weighted by Crippen LogP contribution is -2.23. The minimum Gasteiger partial charge on any atom is -0.493 e. The minimum absolute atomic E-state index is 0.129. The normalized spacial score (nSPS) is 12.9. The Labute approximate surface area is 131 Å². The first-order valence-corrected chi connectivity index (χ1v) is 7.63. The van der Waals surface area contributed by atoms with Gasteiger partial charge < -0.3 is 14.5 Å². The monoisotopic (exact) mass is 349 g/mol. The first-order chi connectivity index (χ1) is 10.0. The molecule has 0 fully saturated rings. The van der Waals surface area contributed by atoms with E-state index in [9.17, 15) is 4.79 Å². The summed E-state index contributed by atoms with van der Waals surface area (Å²) in [7, 11) is 0. The van der Waals surface area contributed by atoms with Gasteiger partial charge >= 0.3 is 0 Å². The van der Waals surface area contributed by atoms with E-state index < -0.39 is 0 Å². The van der Waals surface area contributed by atoms with Crippen LogP contribution in [0.4, 0.5) is 0 Å². The molecule has 1 aromatic carbocycles. The molecule has 21 heavy (non-hydrogen) atoms. The second-order valence-electron chi connectivity index (χ2n) is 5.16. The molecule has 1 aliphatic heterocycles. The summed E-state index contributed by atoms with van der Waals surface area (Å²) >= 11 is 3.50. The number of hydrogen-bond acceptors (Lipinski definition) is 3. The number of fused-ring (bicyclic) bond motifs is 1. The van der Waals surface area contributed by atoms with Crippen LogP contribution in [0, 0.1) is 13.8 Å². The molecule has 0 atom stereocenters. The molecule has 0 saturated carbocycles. The van der Waals surface area contributed by atoms with E-state index >= 15 is 0 Å². The summed E-state index contributed by atoms with van der Waals surface area (Å²) in [6.45, 7) is 4.76. The van der Waals surface area contributed by atoms with E-state index in [0.717, 1.165) is 28.0 Å². The molecule has 1 amide bonds. The van der Waals surface area contributed by atoms with Crippen molar-refractivity contribution in [1.29, 1.82) is 0 Å². The molecule has 110 valence electrons. The Morgan fingerprint density at radius 2 is 2.14 bits per heavy atom. The lowest BCUT2D eigenvalue weighted by atomic mass is 10.1. The Morgan fingerprint density at radius 3 is 2.86 bits per heavy atom. The lowest BCUT2D eigenvalue weighted by molar-refractivity contribution is 0.0949. The Balaban J connectivity index is 1.77. The van der Waals surface area contributed by atoms with Crippen LogP contribution in [0.2, 0.25) is 0 Å². The summed E-state index contributed by atoms with van der Waals surface area (Å²) < 4.78 is 12.1. The van der Waals surface area contributed by atoms with Crippen LogP contribution in [0.1, 0.15) is 33.0 Å². The molecule has 0 unspecified atom stereocenters. The summed E-state index contributed by atoms with van der Waals surface area (Å²) in [6.07, 6.45) is 0.912. The summed E-state index contributed by atoms with van der Waals surface area (Å²) in [4.78, 5) is 12.2. The van der Waals surface area contributed by atoms with Gasteiger partial charge in [-0.25, -0.2) is 0 Å². The number of aryl methyl sites for hydroxylation is 2. The molecular formula is C16H16BrNO3.